The van der Waals surface area contributed by atoms with Crippen LogP contribution in [0.2, 0.25) is 0 Å². The van der Waals surface area contributed by atoms with Gasteiger partial charge in [-0.25, -0.2) is 0 Å². The molecule has 1 N–H and O–H groups in total. The molecule has 0 aromatic heterocycles. The Kier molecular flexibility index (Phi) is 5.20. The van der Waals surface area contributed by atoms with E-state index in [1.807, 2.05) is 6.92 Å². The third-order valence-electron chi connectivity index (χ3n) is 3.16. The Bertz CT molecular complexity index is 639. The first-order valence-corrected chi connectivity index (χ1v) is 7.93. The first-order chi connectivity index (χ1) is 10.4. The molecule has 1 aromatic carbocycles. The average Bonchev–Trinajstić information content (AvgIpc) is 2.73. The summed E-state index contributed by atoms with van der Waals surface area (Å²) >= 11 is 6.21. The van der Waals surface area contributed by atoms with Crippen LogP contribution in [0.3, 0.4) is 0 Å². The molecule has 5 nitrogen and oxygen atoms in total. The van der Waals surface area contributed by atoms with Crippen molar-refractivity contribution < 1.29 is 19.8 Å². The number of carboxylic acid groups (broad SMARTS) is 1. The number of nitrogens with zero attached hydrogens (tertiary/aromatic N) is 1. The zero-order valence-corrected chi connectivity index (χ0v) is 13.4. The van der Waals surface area contributed by atoms with Gasteiger partial charge in [-0.2, -0.15) is 0 Å². The number of carbonyl (C=O) groups is 2. The molecule has 1 aliphatic heterocycles. The minimum absolute atomic E-state index is 0.129. The number of hydrogen-bond acceptors (Lipinski definition) is 6. The van der Waals surface area contributed by atoms with Gasteiger partial charge in [-0.1, -0.05) is 49.5 Å². The van der Waals surface area contributed by atoms with Crippen LogP contribution in [0.5, 0.6) is 5.75 Å². The normalized spacial score (nSPS) is 18.0. The quantitative estimate of drug-likeness (QED) is 0.648. The topological polar surface area (TPSA) is 80.7 Å². The lowest BCUT2D eigenvalue weighted by molar-refractivity contribution is -0.310. The number of phenolic OH excluding ortho intramolecular Hbond substituents is 1. The van der Waals surface area contributed by atoms with Gasteiger partial charge in [0.25, 0.3) is 5.91 Å². The Hall–Kier alpha value is -1.86. The van der Waals surface area contributed by atoms with Crippen molar-refractivity contribution in [1.29, 1.82) is 0 Å². The van der Waals surface area contributed by atoms with Gasteiger partial charge >= 0.3 is 0 Å². The van der Waals surface area contributed by atoms with Crippen LogP contribution in [0, 0.1) is 0 Å². The number of carboxylic acids is 1. The summed E-state index contributed by atoms with van der Waals surface area (Å²) in [7, 11) is 0. The summed E-state index contributed by atoms with van der Waals surface area (Å²) in [5, 5.41) is 20.5. The van der Waals surface area contributed by atoms with Crippen LogP contribution in [-0.4, -0.2) is 32.2 Å². The third kappa shape index (κ3) is 3.48. The van der Waals surface area contributed by atoms with Gasteiger partial charge in [-0.05, 0) is 30.2 Å². The Morgan fingerprint density at radius 1 is 1.45 bits per heavy atom. The number of amides is 1. The maximum Gasteiger partial charge on any atom is 0.266 e. The van der Waals surface area contributed by atoms with Crippen LogP contribution in [0.4, 0.5) is 0 Å². The van der Waals surface area contributed by atoms with Crippen LogP contribution in [0.1, 0.15) is 25.3 Å². The summed E-state index contributed by atoms with van der Waals surface area (Å²) in [4.78, 5) is 25.1. The number of carbonyl (C=O) groups excluding carboxylic acids is 2. The first-order valence-electron chi connectivity index (χ1n) is 6.71. The molecule has 0 bridgehead atoms. The van der Waals surface area contributed by atoms with Crippen molar-refractivity contribution >= 4 is 46.3 Å². The fourth-order valence-electron chi connectivity index (χ4n) is 2.10. The van der Waals surface area contributed by atoms with Crippen molar-refractivity contribution in [2.45, 2.75) is 25.8 Å². The van der Waals surface area contributed by atoms with E-state index in [1.165, 1.54) is 12.1 Å². The van der Waals surface area contributed by atoms with Crippen LogP contribution in [-0.2, 0) is 9.59 Å². The molecule has 0 aliphatic carbocycles. The van der Waals surface area contributed by atoms with Gasteiger partial charge in [0.1, 0.15) is 10.1 Å². The molecule has 1 heterocycles. The van der Waals surface area contributed by atoms with E-state index >= 15 is 0 Å². The van der Waals surface area contributed by atoms with Gasteiger partial charge in [-0.3, -0.25) is 9.69 Å². The Morgan fingerprint density at radius 3 is 2.64 bits per heavy atom. The second kappa shape index (κ2) is 6.93. The highest BCUT2D eigenvalue weighted by Crippen LogP contribution is 2.34. The Balaban J connectivity index is 2.27. The van der Waals surface area contributed by atoms with E-state index < -0.39 is 17.9 Å². The largest absolute Gasteiger partial charge is 0.548 e. The van der Waals surface area contributed by atoms with Gasteiger partial charge in [0, 0.05) is 0 Å². The lowest BCUT2D eigenvalue weighted by Crippen LogP contribution is -2.49. The number of phenols is 1. The maximum atomic E-state index is 12.4. The molecule has 1 aromatic rings. The van der Waals surface area contributed by atoms with Gasteiger partial charge in [0.15, 0.2) is 0 Å². The molecule has 0 unspecified atom stereocenters. The van der Waals surface area contributed by atoms with E-state index in [0.717, 1.165) is 22.2 Å². The van der Waals surface area contributed by atoms with E-state index in [9.17, 15) is 19.8 Å². The summed E-state index contributed by atoms with van der Waals surface area (Å²) in [6, 6.07) is 5.29. The SMILES string of the molecule is CCC[C@H](C(=O)[O-])N1C(=O)/C(=C\c2ccc(O)cc2)SC1=S. The Labute approximate surface area is 137 Å². The molecular formula is C15H14NO4S2-. The van der Waals surface area contributed by atoms with E-state index in [0.29, 0.717) is 17.7 Å². The molecule has 7 heteroatoms. The van der Waals surface area contributed by atoms with E-state index in [2.05, 4.69) is 0 Å². The highest BCUT2D eigenvalue weighted by molar-refractivity contribution is 8.26. The van der Waals surface area contributed by atoms with Gasteiger partial charge < -0.3 is 15.0 Å². The number of aliphatic carboxylic acids is 1. The van der Waals surface area contributed by atoms with E-state index in [-0.39, 0.29) is 10.1 Å². The lowest BCUT2D eigenvalue weighted by atomic mass is 10.1. The fourth-order valence-corrected chi connectivity index (χ4v) is 3.45. The van der Waals surface area contributed by atoms with Crippen molar-refractivity contribution in [2.75, 3.05) is 0 Å². The number of thiocarbonyl (C=S) groups is 1. The number of thioether (sulfide) groups is 1. The van der Waals surface area contributed by atoms with Crippen molar-refractivity contribution in [2.24, 2.45) is 0 Å². The average molecular weight is 336 g/mol. The predicted molar refractivity (Wildman–Crippen MR) is 86.8 cm³/mol. The van der Waals surface area contributed by atoms with E-state index in [1.54, 1.807) is 18.2 Å². The number of benzene rings is 1. The molecular weight excluding hydrogens is 322 g/mol. The molecule has 0 spiro atoms. The molecule has 2 rings (SSSR count). The van der Waals surface area contributed by atoms with Gasteiger partial charge in [0.05, 0.1) is 16.9 Å². The standard InChI is InChI=1S/C15H15NO4S2/c1-2-3-11(14(19)20)16-13(18)12(22-15(16)21)8-9-4-6-10(17)7-5-9/h4-8,11,17H,2-3H2,1H3,(H,19,20)/p-1/b12-8+/t11-/m1/s1. The molecule has 1 fully saturated rings. The molecule has 0 saturated carbocycles. The van der Waals surface area contributed by atoms with Gasteiger partial charge in [-0.15, -0.1) is 0 Å². The summed E-state index contributed by atoms with van der Waals surface area (Å²) in [5.41, 5.74) is 0.721. The monoisotopic (exact) mass is 336 g/mol. The van der Waals surface area contributed by atoms with Crippen molar-refractivity contribution in [3.05, 3.63) is 34.7 Å². The number of aromatic hydroxyl groups is 1. The van der Waals surface area contributed by atoms with Crippen molar-refractivity contribution in [3.63, 3.8) is 0 Å². The minimum Gasteiger partial charge on any atom is -0.548 e. The molecule has 1 amide bonds. The molecule has 22 heavy (non-hydrogen) atoms. The van der Waals surface area contributed by atoms with E-state index in [4.69, 9.17) is 12.2 Å². The smallest absolute Gasteiger partial charge is 0.266 e. The zero-order valence-electron chi connectivity index (χ0n) is 11.8. The minimum atomic E-state index is -1.30. The van der Waals surface area contributed by atoms with Crippen LogP contribution >= 0.6 is 24.0 Å². The second-order valence-electron chi connectivity index (χ2n) is 4.77. The van der Waals surface area contributed by atoms with Crippen molar-refractivity contribution in [3.8, 4) is 5.75 Å². The summed E-state index contributed by atoms with van der Waals surface area (Å²) in [6.07, 6.45) is 2.52. The molecule has 1 aliphatic rings. The fraction of sp³-hybridized carbons (Fsp3) is 0.267. The van der Waals surface area contributed by atoms with Crippen LogP contribution in [0.25, 0.3) is 6.08 Å². The van der Waals surface area contributed by atoms with Crippen molar-refractivity contribution in [1.82, 2.24) is 4.90 Å². The Morgan fingerprint density at radius 2 is 2.09 bits per heavy atom. The van der Waals surface area contributed by atoms with Crippen LogP contribution in [0.15, 0.2) is 29.2 Å². The molecule has 116 valence electrons. The molecule has 0 radical (unpaired) electrons. The lowest BCUT2D eigenvalue weighted by Gasteiger charge is -2.27. The first kappa shape index (κ1) is 16.5. The highest BCUT2D eigenvalue weighted by atomic mass is 32.2. The predicted octanol–water partition coefficient (Wildman–Crippen LogP) is 1.51. The zero-order chi connectivity index (χ0) is 16.3. The molecule has 1 saturated heterocycles. The number of rotatable bonds is 5. The second-order valence-corrected chi connectivity index (χ2v) is 6.44. The molecule has 1 atom stereocenters. The van der Waals surface area contributed by atoms with Gasteiger partial charge in [0.2, 0.25) is 0 Å². The summed E-state index contributed by atoms with van der Waals surface area (Å²) in [5.74, 6) is -1.60. The highest BCUT2D eigenvalue weighted by Gasteiger charge is 2.37. The third-order valence-corrected chi connectivity index (χ3v) is 4.49. The summed E-state index contributed by atoms with van der Waals surface area (Å²) < 4.78 is 0.220. The number of hydrogen-bond donors (Lipinski definition) is 1. The summed E-state index contributed by atoms with van der Waals surface area (Å²) in [6.45, 7) is 1.83. The van der Waals surface area contributed by atoms with Crippen LogP contribution < -0.4 is 5.11 Å². The maximum absolute atomic E-state index is 12.4.